The molecule has 3 fully saturated rings. The van der Waals surface area contributed by atoms with Gasteiger partial charge in [-0.1, -0.05) is 17.7 Å². The maximum atomic E-state index is 12.7. The highest BCUT2D eigenvalue weighted by Gasteiger charge is 2.49. The molecule has 0 bridgehead atoms. The molecule has 0 saturated carbocycles. The van der Waals surface area contributed by atoms with Gasteiger partial charge in [0.25, 0.3) is 5.91 Å². The van der Waals surface area contributed by atoms with E-state index in [-0.39, 0.29) is 23.3 Å². The van der Waals surface area contributed by atoms with E-state index in [2.05, 4.69) is 10.2 Å². The van der Waals surface area contributed by atoms with Crippen LogP contribution in [-0.4, -0.2) is 60.4 Å². The van der Waals surface area contributed by atoms with E-state index < -0.39 is 0 Å². The summed E-state index contributed by atoms with van der Waals surface area (Å²) >= 11 is 0. The van der Waals surface area contributed by atoms with Crippen LogP contribution < -0.4 is 5.32 Å². The number of hydrogen-bond acceptors (Lipinski definition) is 3. The number of benzene rings is 1. The SMILES string of the molecule is Cc1cccc(C(=O)N2CCC3(CC2)C[C@H]2C(=O)NCCN2C3)c1. The van der Waals surface area contributed by atoms with Gasteiger partial charge in [-0.15, -0.1) is 0 Å². The highest BCUT2D eigenvalue weighted by atomic mass is 16.2. The number of carbonyl (C=O) groups is 2. The molecule has 0 unspecified atom stereocenters. The third-order valence-electron chi connectivity index (χ3n) is 5.98. The van der Waals surface area contributed by atoms with Crippen molar-refractivity contribution in [3.63, 3.8) is 0 Å². The van der Waals surface area contributed by atoms with Crippen LogP contribution in [-0.2, 0) is 4.79 Å². The summed E-state index contributed by atoms with van der Waals surface area (Å²) in [6.45, 7) is 6.36. The normalized spacial score (nSPS) is 26.3. The van der Waals surface area contributed by atoms with Crippen molar-refractivity contribution in [1.82, 2.24) is 15.1 Å². The zero-order valence-electron chi connectivity index (χ0n) is 14.3. The van der Waals surface area contributed by atoms with Crippen molar-refractivity contribution >= 4 is 11.8 Å². The summed E-state index contributed by atoms with van der Waals surface area (Å²) in [5.74, 6) is 0.332. The Balaban J connectivity index is 1.42. The first-order valence-electron chi connectivity index (χ1n) is 8.94. The van der Waals surface area contributed by atoms with Crippen molar-refractivity contribution in [3.05, 3.63) is 35.4 Å². The third kappa shape index (κ3) is 2.71. The van der Waals surface area contributed by atoms with E-state index in [1.165, 1.54) is 0 Å². The average molecular weight is 327 g/mol. The zero-order valence-corrected chi connectivity index (χ0v) is 14.3. The van der Waals surface area contributed by atoms with Gasteiger partial charge < -0.3 is 10.2 Å². The van der Waals surface area contributed by atoms with Crippen LogP contribution in [0.4, 0.5) is 0 Å². The van der Waals surface area contributed by atoms with Crippen molar-refractivity contribution in [3.8, 4) is 0 Å². The fourth-order valence-corrected chi connectivity index (χ4v) is 4.59. The van der Waals surface area contributed by atoms with Crippen LogP contribution in [0.5, 0.6) is 0 Å². The van der Waals surface area contributed by atoms with Crippen molar-refractivity contribution < 1.29 is 9.59 Å². The molecule has 3 heterocycles. The number of fused-ring (bicyclic) bond motifs is 1. The van der Waals surface area contributed by atoms with Crippen LogP contribution in [0.3, 0.4) is 0 Å². The number of nitrogens with one attached hydrogen (secondary N) is 1. The maximum Gasteiger partial charge on any atom is 0.253 e. The fourth-order valence-electron chi connectivity index (χ4n) is 4.59. The molecule has 3 aliphatic heterocycles. The van der Waals surface area contributed by atoms with Crippen LogP contribution in [0.15, 0.2) is 24.3 Å². The molecule has 1 N–H and O–H groups in total. The van der Waals surface area contributed by atoms with Crippen LogP contribution in [0, 0.1) is 12.3 Å². The number of piperidine rings is 1. The van der Waals surface area contributed by atoms with Gasteiger partial charge in [0.05, 0.1) is 6.04 Å². The van der Waals surface area contributed by atoms with Gasteiger partial charge in [-0.3, -0.25) is 14.5 Å². The quantitative estimate of drug-likeness (QED) is 0.849. The molecule has 5 nitrogen and oxygen atoms in total. The van der Waals surface area contributed by atoms with Crippen LogP contribution in [0.2, 0.25) is 0 Å². The lowest BCUT2D eigenvalue weighted by molar-refractivity contribution is -0.127. The van der Waals surface area contributed by atoms with Crippen LogP contribution in [0.1, 0.15) is 35.2 Å². The predicted octanol–water partition coefficient (Wildman–Crippen LogP) is 1.42. The minimum Gasteiger partial charge on any atom is -0.353 e. The summed E-state index contributed by atoms with van der Waals surface area (Å²) in [4.78, 5) is 29.1. The van der Waals surface area contributed by atoms with Gasteiger partial charge in [0.2, 0.25) is 5.91 Å². The molecule has 4 rings (SSSR count). The molecule has 128 valence electrons. The van der Waals surface area contributed by atoms with Crippen molar-refractivity contribution in [2.75, 3.05) is 32.7 Å². The van der Waals surface area contributed by atoms with E-state index in [4.69, 9.17) is 0 Å². The molecule has 1 spiro atoms. The molecule has 1 aromatic carbocycles. The summed E-state index contributed by atoms with van der Waals surface area (Å²) < 4.78 is 0. The largest absolute Gasteiger partial charge is 0.353 e. The van der Waals surface area contributed by atoms with Crippen LogP contribution in [0.25, 0.3) is 0 Å². The van der Waals surface area contributed by atoms with Gasteiger partial charge in [0.15, 0.2) is 0 Å². The third-order valence-corrected chi connectivity index (χ3v) is 5.98. The van der Waals surface area contributed by atoms with Crippen molar-refractivity contribution in [1.29, 1.82) is 0 Å². The van der Waals surface area contributed by atoms with Gasteiger partial charge in [-0.25, -0.2) is 0 Å². The second-order valence-corrected chi connectivity index (χ2v) is 7.64. The molecular formula is C19H25N3O2. The Bertz CT molecular complexity index is 664. The molecule has 2 amide bonds. The number of aryl methyl sites for hydroxylation is 1. The molecule has 5 heteroatoms. The Hall–Kier alpha value is -1.88. The predicted molar refractivity (Wildman–Crippen MR) is 91.7 cm³/mol. The monoisotopic (exact) mass is 327 g/mol. The highest BCUT2D eigenvalue weighted by Crippen LogP contribution is 2.44. The van der Waals surface area contributed by atoms with E-state index in [9.17, 15) is 9.59 Å². The number of rotatable bonds is 1. The second-order valence-electron chi connectivity index (χ2n) is 7.64. The smallest absolute Gasteiger partial charge is 0.253 e. The summed E-state index contributed by atoms with van der Waals surface area (Å²) in [5.41, 5.74) is 2.12. The number of piperazine rings is 1. The average Bonchev–Trinajstić information content (AvgIpc) is 2.94. The molecule has 3 saturated heterocycles. The fraction of sp³-hybridized carbons (Fsp3) is 0.579. The van der Waals surface area contributed by atoms with Crippen molar-refractivity contribution in [2.45, 2.75) is 32.2 Å². The lowest BCUT2D eigenvalue weighted by Gasteiger charge is -2.39. The molecule has 24 heavy (non-hydrogen) atoms. The minimum atomic E-state index is 0.0535. The zero-order chi connectivity index (χ0) is 16.7. The summed E-state index contributed by atoms with van der Waals surface area (Å²) in [6, 6.07) is 7.88. The Labute approximate surface area is 143 Å². The molecule has 0 radical (unpaired) electrons. The first-order chi connectivity index (χ1) is 11.6. The van der Waals surface area contributed by atoms with E-state index in [0.29, 0.717) is 0 Å². The van der Waals surface area contributed by atoms with Gasteiger partial charge in [-0.05, 0) is 43.7 Å². The topological polar surface area (TPSA) is 52.7 Å². The minimum absolute atomic E-state index is 0.0535. The van der Waals surface area contributed by atoms with Gasteiger partial charge in [0.1, 0.15) is 0 Å². The van der Waals surface area contributed by atoms with Crippen LogP contribution >= 0.6 is 0 Å². The molecule has 3 aliphatic rings. The number of amides is 2. The Morgan fingerprint density at radius 3 is 2.75 bits per heavy atom. The molecular weight excluding hydrogens is 302 g/mol. The van der Waals surface area contributed by atoms with Gasteiger partial charge in [0, 0.05) is 38.3 Å². The Kier molecular flexibility index (Phi) is 3.83. The second kappa shape index (κ2) is 5.88. The van der Waals surface area contributed by atoms with E-state index in [0.717, 1.165) is 63.1 Å². The Morgan fingerprint density at radius 2 is 2.04 bits per heavy atom. The highest BCUT2D eigenvalue weighted by molar-refractivity contribution is 5.94. The van der Waals surface area contributed by atoms with Crippen molar-refractivity contribution in [2.24, 2.45) is 5.41 Å². The molecule has 0 aliphatic carbocycles. The standard InChI is InChI=1S/C19H25N3O2/c1-14-3-2-4-15(11-14)18(24)21-8-5-19(6-9-21)12-16-17(23)20-7-10-22(16)13-19/h2-4,11,16H,5-10,12-13H2,1H3,(H,20,23)/t16-/m0/s1. The summed E-state index contributed by atoms with van der Waals surface area (Å²) in [6.07, 6.45) is 2.96. The maximum absolute atomic E-state index is 12.7. The number of likely N-dealkylation sites (tertiary alicyclic amines) is 1. The molecule has 1 aromatic rings. The number of carbonyl (C=O) groups excluding carboxylic acids is 2. The number of hydrogen-bond donors (Lipinski definition) is 1. The molecule has 1 atom stereocenters. The van der Waals surface area contributed by atoms with E-state index >= 15 is 0 Å². The first-order valence-corrected chi connectivity index (χ1v) is 8.94. The first kappa shape index (κ1) is 15.6. The summed E-state index contributed by atoms with van der Waals surface area (Å²) in [5, 5.41) is 2.98. The van der Waals surface area contributed by atoms with Gasteiger partial charge in [-0.2, -0.15) is 0 Å². The van der Waals surface area contributed by atoms with E-state index in [1.54, 1.807) is 0 Å². The lowest BCUT2D eigenvalue weighted by atomic mass is 9.76. The molecule has 0 aromatic heterocycles. The number of nitrogens with zero attached hydrogens (tertiary/aromatic N) is 2. The summed E-state index contributed by atoms with van der Waals surface area (Å²) in [7, 11) is 0. The van der Waals surface area contributed by atoms with Gasteiger partial charge >= 0.3 is 0 Å². The lowest BCUT2D eigenvalue weighted by Crippen LogP contribution is -2.52. The Morgan fingerprint density at radius 1 is 1.25 bits per heavy atom. The van der Waals surface area contributed by atoms with E-state index in [1.807, 2.05) is 36.1 Å².